The second-order valence-electron chi connectivity index (χ2n) is 2.01. The summed E-state index contributed by atoms with van der Waals surface area (Å²) in [6.45, 7) is 0. The van der Waals surface area contributed by atoms with Crippen molar-refractivity contribution < 1.29 is 4.79 Å². The van der Waals surface area contributed by atoms with Crippen molar-refractivity contribution in [2.45, 2.75) is 4.90 Å². The van der Waals surface area contributed by atoms with E-state index in [-0.39, 0.29) is 6.03 Å². The van der Waals surface area contributed by atoms with Crippen molar-refractivity contribution in [1.29, 1.82) is 0 Å². The lowest BCUT2D eigenvalue weighted by Gasteiger charge is -2.14. The highest BCUT2D eigenvalue weighted by atomic mass is 32.2. The Hall–Kier alpha value is -1.23. The molecule has 5 heteroatoms. The minimum atomic E-state index is -0.221. The third-order valence-corrected chi connectivity index (χ3v) is 2.09. The topological polar surface area (TPSA) is 54.0 Å². The summed E-state index contributed by atoms with van der Waals surface area (Å²) in [7, 11) is 0. The number of pyridine rings is 1. The standard InChI is InChI=1S/C6H5N3OS/c10-6-8-5-4(11-9-6)2-1-3-7-5/h1-3H,(H2,7,8,9,10). The molecule has 56 valence electrons. The second-order valence-corrected chi connectivity index (χ2v) is 2.86. The maximum absolute atomic E-state index is 10.7. The first-order valence-corrected chi connectivity index (χ1v) is 3.87. The summed E-state index contributed by atoms with van der Waals surface area (Å²) in [4.78, 5) is 15.7. The summed E-state index contributed by atoms with van der Waals surface area (Å²) in [5.41, 5.74) is 0. The van der Waals surface area contributed by atoms with E-state index in [1.54, 1.807) is 6.20 Å². The minimum absolute atomic E-state index is 0.221. The van der Waals surface area contributed by atoms with E-state index in [1.807, 2.05) is 12.1 Å². The molecule has 1 aromatic heterocycles. The first kappa shape index (κ1) is 6.48. The zero-order valence-corrected chi connectivity index (χ0v) is 6.31. The predicted octanol–water partition coefficient (Wildman–Crippen LogP) is 1.22. The van der Waals surface area contributed by atoms with Gasteiger partial charge in [-0.1, -0.05) is 0 Å². The smallest absolute Gasteiger partial charge is 0.291 e. The Morgan fingerprint density at radius 1 is 1.55 bits per heavy atom. The second kappa shape index (κ2) is 2.43. The molecule has 0 bridgehead atoms. The molecule has 0 spiro atoms. The number of aromatic nitrogens is 1. The molecule has 0 radical (unpaired) electrons. The lowest BCUT2D eigenvalue weighted by Crippen LogP contribution is -2.27. The molecule has 0 aliphatic carbocycles. The van der Waals surface area contributed by atoms with Crippen LogP contribution in [0.15, 0.2) is 23.2 Å². The molecule has 1 aliphatic heterocycles. The maximum atomic E-state index is 10.7. The van der Waals surface area contributed by atoms with Crippen molar-refractivity contribution in [1.82, 2.24) is 9.71 Å². The van der Waals surface area contributed by atoms with Crippen LogP contribution in [0.4, 0.5) is 10.6 Å². The minimum Gasteiger partial charge on any atom is -0.291 e. The molecular weight excluding hydrogens is 162 g/mol. The van der Waals surface area contributed by atoms with Gasteiger partial charge in [-0.05, 0) is 24.1 Å². The van der Waals surface area contributed by atoms with Crippen LogP contribution in [-0.4, -0.2) is 11.0 Å². The number of hydrogen-bond acceptors (Lipinski definition) is 3. The van der Waals surface area contributed by atoms with Gasteiger partial charge in [0.2, 0.25) is 0 Å². The van der Waals surface area contributed by atoms with Crippen LogP contribution in [0.25, 0.3) is 0 Å². The van der Waals surface area contributed by atoms with Crippen LogP contribution in [0, 0.1) is 0 Å². The number of rotatable bonds is 0. The molecule has 2 heterocycles. The van der Waals surface area contributed by atoms with Crippen molar-refractivity contribution >= 4 is 23.8 Å². The average Bonchev–Trinajstić information content (AvgIpc) is 2.04. The van der Waals surface area contributed by atoms with Crippen LogP contribution in [0.3, 0.4) is 0 Å². The van der Waals surface area contributed by atoms with Crippen LogP contribution >= 0.6 is 11.9 Å². The first-order valence-electron chi connectivity index (χ1n) is 3.05. The van der Waals surface area contributed by atoms with Gasteiger partial charge in [0.05, 0.1) is 4.90 Å². The molecule has 11 heavy (non-hydrogen) atoms. The highest BCUT2D eigenvalue weighted by molar-refractivity contribution is 7.98. The van der Waals surface area contributed by atoms with E-state index in [0.29, 0.717) is 5.82 Å². The monoisotopic (exact) mass is 167 g/mol. The van der Waals surface area contributed by atoms with Gasteiger partial charge in [0.1, 0.15) is 5.82 Å². The molecule has 0 saturated heterocycles. The zero-order valence-electron chi connectivity index (χ0n) is 5.50. The molecule has 0 atom stereocenters. The predicted molar refractivity (Wildman–Crippen MR) is 42.2 cm³/mol. The number of urea groups is 1. The molecule has 4 nitrogen and oxygen atoms in total. The molecule has 2 rings (SSSR count). The van der Waals surface area contributed by atoms with Gasteiger partial charge in [-0.3, -0.25) is 10.0 Å². The van der Waals surface area contributed by atoms with E-state index in [1.165, 1.54) is 11.9 Å². The summed E-state index contributed by atoms with van der Waals surface area (Å²) in [5.74, 6) is 0.626. The molecule has 0 unspecified atom stereocenters. The summed E-state index contributed by atoms with van der Waals surface area (Å²) < 4.78 is 2.56. The number of anilines is 1. The highest BCUT2D eigenvalue weighted by Crippen LogP contribution is 2.25. The Labute approximate surface area is 67.5 Å². The number of fused-ring (bicyclic) bond motifs is 1. The van der Waals surface area contributed by atoms with Crippen molar-refractivity contribution in [3.63, 3.8) is 0 Å². The molecule has 2 amide bonds. The van der Waals surface area contributed by atoms with E-state index in [0.717, 1.165) is 4.90 Å². The third kappa shape index (κ3) is 1.14. The van der Waals surface area contributed by atoms with Crippen LogP contribution in [0.5, 0.6) is 0 Å². The number of amides is 2. The lowest BCUT2D eigenvalue weighted by molar-refractivity contribution is 0.257. The van der Waals surface area contributed by atoms with Crippen molar-refractivity contribution in [2.24, 2.45) is 0 Å². The maximum Gasteiger partial charge on any atom is 0.330 e. The highest BCUT2D eigenvalue weighted by Gasteiger charge is 2.13. The SMILES string of the molecule is O=C1NSc2cccnc2N1. The summed E-state index contributed by atoms with van der Waals surface area (Å²) in [5, 5.41) is 2.58. The molecule has 2 N–H and O–H groups in total. The molecular formula is C6H5N3OS. The van der Waals surface area contributed by atoms with E-state index in [9.17, 15) is 4.79 Å². The van der Waals surface area contributed by atoms with Crippen LogP contribution in [-0.2, 0) is 0 Å². The fourth-order valence-electron chi connectivity index (χ4n) is 0.801. The number of nitrogens with one attached hydrogen (secondary N) is 2. The lowest BCUT2D eigenvalue weighted by atomic mass is 10.4. The van der Waals surface area contributed by atoms with Crippen LogP contribution < -0.4 is 10.0 Å². The number of nitrogens with zero attached hydrogens (tertiary/aromatic N) is 1. The van der Waals surface area contributed by atoms with Gasteiger partial charge in [0.25, 0.3) is 0 Å². The van der Waals surface area contributed by atoms with Crippen molar-refractivity contribution in [3.8, 4) is 0 Å². The summed E-state index contributed by atoms with van der Waals surface area (Å²) in [6, 6.07) is 3.49. The molecule has 0 aromatic carbocycles. The largest absolute Gasteiger partial charge is 0.330 e. The van der Waals surface area contributed by atoms with Gasteiger partial charge in [0, 0.05) is 6.20 Å². The Balaban J connectivity index is 2.41. The number of hydrogen-bond donors (Lipinski definition) is 2. The number of carbonyl (C=O) groups is 1. The van der Waals surface area contributed by atoms with Gasteiger partial charge >= 0.3 is 6.03 Å². The molecule has 1 aromatic rings. The summed E-state index contributed by atoms with van der Waals surface area (Å²) >= 11 is 1.27. The zero-order chi connectivity index (χ0) is 7.68. The fraction of sp³-hybridized carbons (Fsp3) is 0. The Bertz CT molecular complexity index is 302. The fourth-order valence-corrected chi connectivity index (χ4v) is 1.40. The van der Waals surface area contributed by atoms with E-state index < -0.39 is 0 Å². The normalized spacial score (nSPS) is 14.7. The molecule has 0 saturated carbocycles. The van der Waals surface area contributed by atoms with E-state index in [2.05, 4.69) is 15.0 Å². The van der Waals surface area contributed by atoms with Gasteiger partial charge in [-0.25, -0.2) is 9.78 Å². The van der Waals surface area contributed by atoms with Crippen LogP contribution in [0.1, 0.15) is 0 Å². The van der Waals surface area contributed by atoms with E-state index in [4.69, 9.17) is 0 Å². The van der Waals surface area contributed by atoms with Crippen molar-refractivity contribution in [3.05, 3.63) is 18.3 Å². The quantitative estimate of drug-likeness (QED) is 0.571. The van der Waals surface area contributed by atoms with Gasteiger partial charge in [-0.2, -0.15) is 0 Å². The van der Waals surface area contributed by atoms with Crippen LogP contribution in [0.2, 0.25) is 0 Å². The average molecular weight is 167 g/mol. The summed E-state index contributed by atoms with van der Waals surface area (Å²) in [6.07, 6.45) is 1.64. The molecule has 1 aliphatic rings. The van der Waals surface area contributed by atoms with Crippen molar-refractivity contribution in [2.75, 3.05) is 5.32 Å². The van der Waals surface area contributed by atoms with E-state index >= 15 is 0 Å². The van der Waals surface area contributed by atoms with Gasteiger partial charge in [0.15, 0.2) is 0 Å². The first-order chi connectivity index (χ1) is 5.36. The third-order valence-electron chi connectivity index (χ3n) is 1.26. The number of carbonyl (C=O) groups excluding carboxylic acids is 1. The Kier molecular flexibility index (Phi) is 1.43. The van der Waals surface area contributed by atoms with Gasteiger partial charge < -0.3 is 0 Å². The Morgan fingerprint density at radius 2 is 2.45 bits per heavy atom. The Morgan fingerprint density at radius 3 is 3.36 bits per heavy atom. The molecule has 0 fully saturated rings. The van der Waals surface area contributed by atoms with Gasteiger partial charge in [-0.15, -0.1) is 0 Å².